The predicted octanol–water partition coefficient (Wildman–Crippen LogP) is 3.75. The quantitative estimate of drug-likeness (QED) is 0.774. The van der Waals surface area contributed by atoms with Crippen LogP contribution in [0.2, 0.25) is 0 Å². The van der Waals surface area contributed by atoms with Gasteiger partial charge in [0.15, 0.2) is 0 Å². The Hall–Kier alpha value is -2.30. The van der Waals surface area contributed by atoms with Crippen molar-refractivity contribution in [3.63, 3.8) is 0 Å². The van der Waals surface area contributed by atoms with Crippen LogP contribution < -0.4 is 0 Å². The second-order valence-corrected chi connectivity index (χ2v) is 8.09. The Morgan fingerprint density at radius 2 is 1.78 bits per heavy atom. The molecule has 1 aromatic carbocycles. The van der Waals surface area contributed by atoms with Gasteiger partial charge in [-0.25, -0.2) is 0 Å². The molecule has 0 amide bonds. The van der Waals surface area contributed by atoms with E-state index in [0.29, 0.717) is 0 Å². The highest BCUT2D eigenvalue weighted by molar-refractivity contribution is 5.78. The molecule has 4 nitrogen and oxygen atoms in total. The highest BCUT2D eigenvalue weighted by Crippen LogP contribution is 2.48. The number of benzene rings is 1. The van der Waals surface area contributed by atoms with E-state index in [2.05, 4.69) is 39.1 Å². The molecular formula is C23H25N3O. The number of fused-ring (bicyclic) bond motifs is 3. The Balaban J connectivity index is 1.39. The SMILES string of the molecule is OC1(c2ccccn2)[C@H]2CCC[C@H]1CN(Cc1ccc3ncccc3c1)C2. The monoisotopic (exact) mass is 359 g/mol. The van der Waals surface area contributed by atoms with Gasteiger partial charge < -0.3 is 5.11 Å². The van der Waals surface area contributed by atoms with Crippen LogP contribution in [0, 0.1) is 11.8 Å². The first-order valence-corrected chi connectivity index (χ1v) is 9.93. The average Bonchev–Trinajstić information content (AvgIpc) is 2.69. The van der Waals surface area contributed by atoms with Crippen LogP contribution in [0.25, 0.3) is 10.9 Å². The molecule has 1 N–H and O–H groups in total. The molecular weight excluding hydrogens is 334 g/mol. The highest BCUT2D eigenvalue weighted by atomic mass is 16.3. The minimum absolute atomic E-state index is 0.252. The largest absolute Gasteiger partial charge is 0.383 e. The maximum absolute atomic E-state index is 11.6. The van der Waals surface area contributed by atoms with E-state index in [9.17, 15) is 5.11 Å². The summed E-state index contributed by atoms with van der Waals surface area (Å²) in [5.41, 5.74) is 2.44. The van der Waals surface area contributed by atoms with Gasteiger partial charge in [-0.1, -0.05) is 24.6 Å². The summed E-state index contributed by atoms with van der Waals surface area (Å²) in [6.45, 7) is 2.78. The van der Waals surface area contributed by atoms with Gasteiger partial charge in [0, 0.05) is 49.2 Å². The van der Waals surface area contributed by atoms with Crippen LogP contribution in [-0.2, 0) is 12.1 Å². The number of piperidine rings is 1. The number of likely N-dealkylation sites (tertiary alicyclic amines) is 1. The van der Waals surface area contributed by atoms with E-state index in [0.717, 1.165) is 43.7 Å². The molecule has 5 rings (SSSR count). The van der Waals surface area contributed by atoms with Gasteiger partial charge in [-0.3, -0.25) is 14.9 Å². The molecule has 2 atom stereocenters. The molecule has 0 radical (unpaired) electrons. The molecule has 1 aliphatic carbocycles. The lowest BCUT2D eigenvalue weighted by Gasteiger charge is -2.52. The average molecular weight is 359 g/mol. The van der Waals surface area contributed by atoms with Gasteiger partial charge in [-0.15, -0.1) is 0 Å². The maximum atomic E-state index is 11.6. The van der Waals surface area contributed by atoms with Gasteiger partial charge in [0.05, 0.1) is 11.2 Å². The number of pyridine rings is 2. The number of aliphatic hydroxyl groups is 1. The molecule has 2 bridgehead atoms. The van der Waals surface area contributed by atoms with Gasteiger partial charge in [0.1, 0.15) is 5.60 Å². The fourth-order valence-corrected chi connectivity index (χ4v) is 5.17. The number of hydrogen-bond acceptors (Lipinski definition) is 4. The van der Waals surface area contributed by atoms with Crippen LogP contribution in [0.5, 0.6) is 0 Å². The number of hydrogen-bond donors (Lipinski definition) is 1. The summed E-state index contributed by atoms with van der Waals surface area (Å²) >= 11 is 0. The molecule has 1 aliphatic heterocycles. The van der Waals surface area contributed by atoms with Gasteiger partial charge in [0.2, 0.25) is 0 Å². The van der Waals surface area contributed by atoms with E-state index < -0.39 is 5.60 Å². The van der Waals surface area contributed by atoms with Gasteiger partial charge in [-0.05, 0) is 48.7 Å². The van der Waals surface area contributed by atoms with Crippen molar-refractivity contribution in [2.24, 2.45) is 11.8 Å². The first-order chi connectivity index (χ1) is 13.2. The van der Waals surface area contributed by atoms with Gasteiger partial charge in [-0.2, -0.15) is 0 Å². The van der Waals surface area contributed by atoms with Gasteiger partial charge >= 0.3 is 0 Å². The third-order valence-corrected chi connectivity index (χ3v) is 6.46. The molecule has 0 unspecified atom stereocenters. The third-order valence-electron chi connectivity index (χ3n) is 6.46. The normalized spacial score (nSPS) is 28.3. The lowest BCUT2D eigenvalue weighted by atomic mass is 9.64. The fraction of sp³-hybridized carbons (Fsp3) is 0.391. The van der Waals surface area contributed by atoms with Crippen LogP contribution in [0.4, 0.5) is 0 Å². The van der Waals surface area contributed by atoms with Crippen LogP contribution in [0.1, 0.15) is 30.5 Å². The van der Waals surface area contributed by atoms with E-state index in [4.69, 9.17) is 0 Å². The van der Waals surface area contributed by atoms with E-state index in [1.165, 1.54) is 17.4 Å². The maximum Gasteiger partial charge on any atom is 0.114 e. The van der Waals surface area contributed by atoms with Crippen molar-refractivity contribution in [3.8, 4) is 0 Å². The highest BCUT2D eigenvalue weighted by Gasteiger charge is 2.52. The molecule has 1 saturated heterocycles. The second kappa shape index (κ2) is 6.70. The summed E-state index contributed by atoms with van der Waals surface area (Å²) in [6, 6.07) is 16.6. The van der Waals surface area contributed by atoms with Crippen molar-refractivity contribution in [2.75, 3.05) is 13.1 Å². The molecule has 3 aromatic rings. The summed E-state index contributed by atoms with van der Waals surface area (Å²) in [4.78, 5) is 11.5. The van der Waals surface area contributed by atoms with Crippen molar-refractivity contribution in [1.82, 2.24) is 14.9 Å². The molecule has 4 heteroatoms. The Kier molecular flexibility index (Phi) is 4.18. The zero-order valence-electron chi connectivity index (χ0n) is 15.5. The molecule has 2 aliphatic rings. The Labute approximate surface area is 159 Å². The zero-order valence-corrected chi connectivity index (χ0v) is 15.5. The first-order valence-electron chi connectivity index (χ1n) is 9.93. The number of aromatic nitrogens is 2. The molecule has 138 valence electrons. The molecule has 2 aromatic heterocycles. The van der Waals surface area contributed by atoms with Crippen molar-refractivity contribution in [2.45, 2.75) is 31.4 Å². The van der Waals surface area contributed by atoms with Crippen molar-refractivity contribution < 1.29 is 5.11 Å². The topological polar surface area (TPSA) is 49.3 Å². The zero-order chi connectivity index (χ0) is 18.3. The Bertz CT molecular complexity index is 929. The number of rotatable bonds is 3. The second-order valence-electron chi connectivity index (χ2n) is 8.09. The summed E-state index contributed by atoms with van der Waals surface area (Å²) in [5.74, 6) is 0.504. The van der Waals surface area contributed by atoms with Crippen molar-refractivity contribution in [1.29, 1.82) is 0 Å². The first kappa shape index (κ1) is 16.8. The minimum atomic E-state index is -0.774. The lowest BCUT2D eigenvalue weighted by molar-refractivity contribution is -0.151. The fourth-order valence-electron chi connectivity index (χ4n) is 5.17. The third kappa shape index (κ3) is 2.93. The van der Waals surface area contributed by atoms with Crippen molar-refractivity contribution >= 4 is 10.9 Å². The summed E-state index contributed by atoms with van der Waals surface area (Å²) in [7, 11) is 0. The molecule has 0 spiro atoms. The van der Waals surface area contributed by atoms with E-state index in [1.54, 1.807) is 6.20 Å². The molecule has 27 heavy (non-hydrogen) atoms. The summed E-state index contributed by atoms with van der Waals surface area (Å²) in [5, 5.41) is 12.8. The van der Waals surface area contributed by atoms with Crippen LogP contribution in [0.15, 0.2) is 60.9 Å². The standard InChI is InChI=1S/C23H25N3O/c27-23(22-8-1-2-11-25-22)19-6-3-7-20(23)16-26(15-19)14-17-9-10-21-18(13-17)5-4-12-24-21/h1-2,4-5,8-13,19-20,27H,3,6-7,14-16H2/t19-,20-/m0/s1. The van der Waals surface area contributed by atoms with E-state index in [1.807, 2.05) is 30.5 Å². The van der Waals surface area contributed by atoms with Crippen LogP contribution in [0.3, 0.4) is 0 Å². The summed E-state index contributed by atoms with van der Waals surface area (Å²) < 4.78 is 0. The Morgan fingerprint density at radius 1 is 0.963 bits per heavy atom. The summed E-state index contributed by atoms with van der Waals surface area (Å²) in [6.07, 6.45) is 6.99. The van der Waals surface area contributed by atoms with Gasteiger partial charge in [0.25, 0.3) is 0 Å². The lowest BCUT2D eigenvalue weighted by Crippen LogP contribution is -2.58. The molecule has 2 fully saturated rings. The van der Waals surface area contributed by atoms with Crippen LogP contribution >= 0.6 is 0 Å². The van der Waals surface area contributed by atoms with E-state index >= 15 is 0 Å². The molecule has 1 saturated carbocycles. The minimum Gasteiger partial charge on any atom is -0.383 e. The Morgan fingerprint density at radius 3 is 2.56 bits per heavy atom. The van der Waals surface area contributed by atoms with Crippen molar-refractivity contribution in [3.05, 3.63) is 72.2 Å². The van der Waals surface area contributed by atoms with E-state index in [-0.39, 0.29) is 11.8 Å². The predicted molar refractivity (Wildman–Crippen MR) is 106 cm³/mol. The molecule has 3 heterocycles. The van der Waals surface area contributed by atoms with Crippen LogP contribution in [-0.4, -0.2) is 33.1 Å². The number of nitrogens with zero attached hydrogens (tertiary/aromatic N) is 3. The smallest absolute Gasteiger partial charge is 0.114 e.